The van der Waals surface area contributed by atoms with E-state index in [1.54, 1.807) is 7.05 Å². The van der Waals surface area contributed by atoms with Crippen molar-refractivity contribution in [2.75, 3.05) is 53.1 Å². The molecule has 1 aliphatic rings. The first-order valence-electron chi connectivity index (χ1n) is 10.2. The second-order valence-corrected chi connectivity index (χ2v) is 8.76. The SMILES string of the molecule is CCOCCCCNC(=NC)NCc1ccccc1CS(=O)(=O)N1CCOCC1.I. The smallest absolute Gasteiger partial charge is 0.218 e. The number of morpholine rings is 1. The van der Waals surface area contributed by atoms with Gasteiger partial charge in [0.25, 0.3) is 0 Å². The number of hydrogen-bond acceptors (Lipinski definition) is 5. The molecule has 0 atom stereocenters. The molecular weight excluding hydrogens is 519 g/mol. The van der Waals surface area contributed by atoms with Crippen LogP contribution in [0.3, 0.4) is 0 Å². The summed E-state index contributed by atoms with van der Waals surface area (Å²) in [5, 5.41) is 6.55. The van der Waals surface area contributed by atoms with Gasteiger partial charge in [-0.1, -0.05) is 24.3 Å². The number of ether oxygens (including phenoxy) is 2. The standard InChI is InChI=1S/C20H34N4O4S.HI/c1-3-27-13-7-6-10-22-20(21-2)23-16-18-8-4-5-9-19(18)17-29(25,26)24-11-14-28-15-12-24;/h4-5,8-9H,3,6-7,10-17H2,1-2H3,(H2,21,22,23);1H. The van der Waals surface area contributed by atoms with Gasteiger partial charge in [0.05, 0.1) is 19.0 Å². The Labute approximate surface area is 197 Å². The Kier molecular flexibility index (Phi) is 13.5. The lowest BCUT2D eigenvalue weighted by molar-refractivity contribution is 0.0729. The number of halogens is 1. The summed E-state index contributed by atoms with van der Waals surface area (Å²) in [4.78, 5) is 4.24. The van der Waals surface area contributed by atoms with E-state index >= 15 is 0 Å². The highest BCUT2D eigenvalue weighted by atomic mass is 127. The number of nitrogens with one attached hydrogen (secondary N) is 2. The predicted molar refractivity (Wildman–Crippen MR) is 131 cm³/mol. The van der Waals surface area contributed by atoms with Crippen molar-refractivity contribution < 1.29 is 17.9 Å². The van der Waals surface area contributed by atoms with Gasteiger partial charge in [-0.25, -0.2) is 8.42 Å². The molecular formula is C20H35IN4O4S. The van der Waals surface area contributed by atoms with E-state index in [4.69, 9.17) is 9.47 Å². The molecule has 0 unspecified atom stereocenters. The number of aliphatic imine (C=N–C) groups is 1. The maximum absolute atomic E-state index is 12.8. The molecule has 30 heavy (non-hydrogen) atoms. The van der Waals surface area contributed by atoms with E-state index < -0.39 is 10.0 Å². The van der Waals surface area contributed by atoms with Gasteiger partial charge in [-0.2, -0.15) is 4.31 Å². The van der Waals surface area contributed by atoms with Crippen LogP contribution in [0.5, 0.6) is 0 Å². The van der Waals surface area contributed by atoms with Crippen LogP contribution in [0.15, 0.2) is 29.3 Å². The van der Waals surface area contributed by atoms with Crippen molar-refractivity contribution >= 4 is 40.0 Å². The summed E-state index contributed by atoms with van der Waals surface area (Å²) in [6.07, 6.45) is 2.00. The van der Waals surface area contributed by atoms with E-state index in [0.29, 0.717) is 38.8 Å². The van der Waals surface area contributed by atoms with E-state index in [1.165, 1.54) is 4.31 Å². The number of nitrogens with zero attached hydrogens (tertiary/aromatic N) is 2. The van der Waals surface area contributed by atoms with Crippen molar-refractivity contribution in [1.29, 1.82) is 0 Å². The van der Waals surface area contributed by atoms with Gasteiger partial charge in [-0.3, -0.25) is 4.99 Å². The molecule has 172 valence electrons. The summed E-state index contributed by atoms with van der Waals surface area (Å²) < 4.78 is 37.6. The van der Waals surface area contributed by atoms with Crippen molar-refractivity contribution in [1.82, 2.24) is 14.9 Å². The van der Waals surface area contributed by atoms with Crippen molar-refractivity contribution in [3.05, 3.63) is 35.4 Å². The lowest BCUT2D eigenvalue weighted by Gasteiger charge is -2.26. The molecule has 10 heteroatoms. The first-order valence-corrected chi connectivity index (χ1v) is 11.8. The summed E-state index contributed by atoms with van der Waals surface area (Å²) in [6.45, 7) is 6.57. The average molecular weight is 554 g/mol. The second kappa shape index (κ2) is 15.0. The summed E-state index contributed by atoms with van der Waals surface area (Å²) in [7, 11) is -1.63. The molecule has 0 spiro atoms. The molecule has 1 heterocycles. The normalized spacial score (nSPS) is 15.5. The Balaban J connectivity index is 0.00000450. The second-order valence-electron chi connectivity index (χ2n) is 6.79. The number of unbranched alkanes of at least 4 members (excludes halogenated alkanes) is 1. The monoisotopic (exact) mass is 554 g/mol. The summed E-state index contributed by atoms with van der Waals surface area (Å²) in [6, 6.07) is 7.62. The van der Waals surface area contributed by atoms with Crippen LogP contribution in [0.2, 0.25) is 0 Å². The van der Waals surface area contributed by atoms with E-state index in [2.05, 4.69) is 15.6 Å². The average Bonchev–Trinajstić information content (AvgIpc) is 2.74. The minimum Gasteiger partial charge on any atom is -0.382 e. The Hall–Kier alpha value is -0.950. The third-order valence-corrected chi connectivity index (χ3v) is 6.53. The van der Waals surface area contributed by atoms with Gasteiger partial charge < -0.3 is 20.1 Å². The van der Waals surface area contributed by atoms with Crippen molar-refractivity contribution in [2.45, 2.75) is 32.1 Å². The fourth-order valence-corrected chi connectivity index (χ4v) is 4.63. The van der Waals surface area contributed by atoms with Crippen LogP contribution in [0, 0.1) is 0 Å². The lowest BCUT2D eigenvalue weighted by Crippen LogP contribution is -2.41. The van der Waals surface area contributed by atoms with Gasteiger partial charge in [0.15, 0.2) is 5.96 Å². The molecule has 0 aromatic heterocycles. The number of rotatable bonds is 11. The largest absolute Gasteiger partial charge is 0.382 e. The van der Waals surface area contributed by atoms with Crippen LogP contribution < -0.4 is 10.6 Å². The number of hydrogen-bond donors (Lipinski definition) is 2. The Morgan fingerprint density at radius 2 is 1.87 bits per heavy atom. The molecule has 1 aliphatic heterocycles. The van der Waals surface area contributed by atoms with Crippen molar-refractivity contribution in [3.63, 3.8) is 0 Å². The summed E-state index contributed by atoms with van der Waals surface area (Å²) >= 11 is 0. The highest BCUT2D eigenvalue weighted by Gasteiger charge is 2.25. The zero-order valence-corrected chi connectivity index (χ0v) is 21.1. The van der Waals surface area contributed by atoms with Gasteiger partial charge in [0, 0.05) is 46.4 Å². The number of guanidine groups is 1. The fraction of sp³-hybridized carbons (Fsp3) is 0.650. The molecule has 8 nitrogen and oxygen atoms in total. The van der Waals surface area contributed by atoms with Crippen molar-refractivity contribution in [2.24, 2.45) is 4.99 Å². The quantitative estimate of drug-likeness (QED) is 0.188. The Morgan fingerprint density at radius 3 is 2.53 bits per heavy atom. The van der Waals surface area contributed by atoms with Gasteiger partial charge in [0.2, 0.25) is 10.0 Å². The Bertz CT molecular complexity index is 740. The maximum Gasteiger partial charge on any atom is 0.218 e. The molecule has 1 fully saturated rings. The van der Waals surface area contributed by atoms with Gasteiger partial charge >= 0.3 is 0 Å². The summed E-state index contributed by atoms with van der Waals surface area (Å²) in [5.41, 5.74) is 1.75. The maximum atomic E-state index is 12.8. The third kappa shape index (κ3) is 9.46. The minimum absolute atomic E-state index is 0. The number of benzene rings is 1. The molecule has 1 aromatic rings. The summed E-state index contributed by atoms with van der Waals surface area (Å²) in [5.74, 6) is 0.696. The van der Waals surface area contributed by atoms with E-state index in [9.17, 15) is 8.42 Å². The van der Waals surface area contributed by atoms with Crippen molar-refractivity contribution in [3.8, 4) is 0 Å². The van der Waals surface area contributed by atoms with E-state index in [0.717, 1.165) is 43.7 Å². The topological polar surface area (TPSA) is 92.3 Å². The van der Waals surface area contributed by atoms with E-state index in [-0.39, 0.29) is 29.7 Å². The molecule has 0 saturated carbocycles. The molecule has 0 bridgehead atoms. The minimum atomic E-state index is -3.36. The highest BCUT2D eigenvalue weighted by Crippen LogP contribution is 2.16. The van der Waals surface area contributed by atoms with Gasteiger partial charge in [-0.15, -0.1) is 24.0 Å². The lowest BCUT2D eigenvalue weighted by atomic mass is 10.1. The molecule has 1 saturated heterocycles. The van der Waals surface area contributed by atoms with Crippen LogP contribution in [0.4, 0.5) is 0 Å². The van der Waals surface area contributed by atoms with Gasteiger partial charge in [0.1, 0.15) is 0 Å². The molecule has 2 rings (SSSR count). The first kappa shape index (κ1) is 27.1. The van der Waals surface area contributed by atoms with E-state index in [1.807, 2.05) is 31.2 Å². The van der Waals surface area contributed by atoms with Crippen LogP contribution >= 0.6 is 24.0 Å². The Morgan fingerprint density at radius 1 is 1.17 bits per heavy atom. The van der Waals surface area contributed by atoms with Crippen LogP contribution in [0.25, 0.3) is 0 Å². The predicted octanol–water partition coefficient (Wildman–Crippen LogP) is 1.95. The van der Waals surface area contributed by atoms with Crippen LogP contribution in [-0.2, 0) is 31.8 Å². The molecule has 0 amide bonds. The first-order chi connectivity index (χ1) is 14.1. The number of sulfonamides is 1. The molecule has 0 radical (unpaired) electrons. The van der Waals surface area contributed by atoms with Gasteiger partial charge in [-0.05, 0) is 30.9 Å². The third-order valence-electron chi connectivity index (χ3n) is 4.70. The zero-order valence-electron chi connectivity index (χ0n) is 17.9. The fourth-order valence-electron chi connectivity index (χ4n) is 3.06. The highest BCUT2D eigenvalue weighted by molar-refractivity contribution is 14.0. The van der Waals surface area contributed by atoms with Crippen LogP contribution in [-0.4, -0.2) is 71.8 Å². The molecule has 1 aromatic carbocycles. The van der Waals surface area contributed by atoms with Crippen LogP contribution in [0.1, 0.15) is 30.9 Å². The molecule has 0 aliphatic carbocycles. The zero-order chi connectivity index (χ0) is 21.0. The molecule has 2 N–H and O–H groups in total.